The second kappa shape index (κ2) is 7.19. The Kier molecular flexibility index (Phi) is 5.54. The van der Waals surface area contributed by atoms with Crippen LogP contribution in [0.5, 0.6) is 0 Å². The summed E-state index contributed by atoms with van der Waals surface area (Å²) in [5.41, 5.74) is 3.56. The summed E-state index contributed by atoms with van der Waals surface area (Å²) in [4.78, 5) is 0. The van der Waals surface area contributed by atoms with Crippen molar-refractivity contribution in [1.29, 1.82) is 0 Å². The standard InChI is InChI=1S/C18H21BrFN/c1-12(2)10-13-4-6-14(7-5-13)18(21-3)16-9-8-15(20)11-17(16)19/h4-9,11-12,18,21H,10H2,1-3H3. The summed E-state index contributed by atoms with van der Waals surface area (Å²) in [5, 5.41) is 3.30. The maximum absolute atomic E-state index is 13.2. The Balaban J connectivity index is 2.28. The number of hydrogen-bond acceptors (Lipinski definition) is 1. The third kappa shape index (κ3) is 4.14. The van der Waals surface area contributed by atoms with Gasteiger partial charge in [0, 0.05) is 4.47 Å². The minimum Gasteiger partial charge on any atom is -0.309 e. The van der Waals surface area contributed by atoms with E-state index in [1.54, 1.807) is 0 Å². The summed E-state index contributed by atoms with van der Waals surface area (Å²) in [6, 6.07) is 13.5. The maximum Gasteiger partial charge on any atom is 0.124 e. The molecular formula is C18H21BrFN. The second-order valence-corrected chi connectivity index (χ2v) is 6.58. The van der Waals surface area contributed by atoms with Crippen molar-refractivity contribution < 1.29 is 4.39 Å². The average Bonchev–Trinajstić information content (AvgIpc) is 2.43. The first-order valence-corrected chi connectivity index (χ1v) is 8.01. The molecule has 2 aromatic rings. The van der Waals surface area contributed by atoms with Gasteiger partial charge in [0.25, 0.3) is 0 Å². The summed E-state index contributed by atoms with van der Waals surface area (Å²) in [5.74, 6) is 0.426. The van der Waals surface area contributed by atoms with Crippen LogP contribution >= 0.6 is 15.9 Å². The van der Waals surface area contributed by atoms with Gasteiger partial charge in [0.05, 0.1) is 6.04 Å². The van der Waals surface area contributed by atoms with Gasteiger partial charge in [-0.3, -0.25) is 0 Å². The fourth-order valence-electron chi connectivity index (χ4n) is 2.55. The fourth-order valence-corrected chi connectivity index (χ4v) is 3.13. The Morgan fingerprint density at radius 2 is 1.76 bits per heavy atom. The lowest BCUT2D eigenvalue weighted by Crippen LogP contribution is -2.18. The van der Waals surface area contributed by atoms with Gasteiger partial charge in [-0.15, -0.1) is 0 Å². The van der Waals surface area contributed by atoms with Crippen LogP contribution in [-0.4, -0.2) is 7.05 Å². The molecule has 2 aromatic carbocycles. The summed E-state index contributed by atoms with van der Waals surface area (Å²) in [7, 11) is 1.92. The smallest absolute Gasteiger partial charge is 0.124 e. The Bertz CT molecular complexity index is 593. The largest absolute Gasteiger partial charge is 0.309 e. The molecule has 21 heavy (non-hydrogen) atoms. The van der Waals surface area contributed by atoms with E-state index in [1.807, 2.05) is 13.1 Å². The molecule has 0 aliphatic heterocycles. The van der Waals surface area contributed by atoms with Crippen molar-refractivity contribution in [3.8, 4) is 0 Å². The summed E-state index contributed by atoms with van der Waals surface area (Å²) < 4.78 is 14.0. The van der Waals surface area contributed by atoms with Gasteiger partial charge >= 0.3 is 0 Å². The first-order chi connectivity index (χ1) is 10.0. The number of rotatable bonds is 5. The minimum atomic E-state index is -0.229. The molecule has 0 spiro atoms. The molecule has 3 heteroatoms. The number of hydrogen-bond donors (Lipinski definition) is 1. The molecule has 1 atom stereocenters. The van der Waals surface area contributed by atoms with Gasteiger partial charge in [0.2, 0.25) is 0 Å². The highest BCUT2D eigenvalue weighted by Crippen LogP contribution is 2.29. The lowest BCUT2D eigenvalue weighted by molar-refractivity contribution is 0.621. The third-order valence-corrected chi connectivity index (χ3v) is 4.21. The number of benzene rings is 2. The zero-order chi connectivity index (χ0) is 15.4. The minimum absolute atomic E-state index is 0.0491. The van der Waals surface area contributed by atoms with Crippen LogP contribution in [0.1, 0.15) is 36.6 Å². The van der Waals surface area contributed by atoms with E-state index >= 15 is 0 Å². The van der Waals surface area contributed by atoms with Crippen molar-refractivity contribution in [2.45, 2.75) is 26.3 Å². The van der Waals surface area contributed by atoms with Crippen LogP contribution in [0.15, 0.2) is 46.9 Å². The highest BCUT2D eigenvalue weighted by atomic mass is 79.9. The molecule has 112 valence electrons. The molecule has 0 fully saturated rings. The molecule has 1 N–H and O–H groups in total. The van der Waals surface area contributed by atoms with Gasteiger partial charge in [0.1, 0.15) is 5.82 Å². The van der Waals surface area contributed by atoms with Crippen LogP contribution in [0.2, 0.25) is 0 Å². The summed E-state index contributed by atoms with van der Waals surface area (Å²) in [6.45, 7) is 4.44. The van der Waals surface area contributed by atoms with Crippen LogP contribution in [0.25, 0.3) is 0 Å². The molecule has 0 aliphatic carbocycles. The molecule has 2 rings (SSSR count). The van der Waals surface area contributed by atoms with Crippen LogP contribution < -0.4 is 5.32 Å². The number of halogens is 2. The topological polar surface area (TPSA) is 12.0 Å². The molecule has 0 bridgehead atoms. The molecule has 0 saturated carbocycles. The Morgan fingerprint density at radius 1 is 1.10 bits per heavy atom. The van der Waals surface area contributed by atoms with Gasteiger partial charge in [-0.25, -0.2) is 4.39 Å². The lowest BCUT2D eigenvalue weighted by Gasteiger charge is -2.19. The van der Waals surface area contributed by atoms with Crippen molar-refractivity contribution in [2.24, 2.45) is 5.92 Å². The molecule has 0 aromatic heterocycles. The van der Waals surface area contributed by atoms with Crippen molar-refractivity contribution >= 4 is 15.9 Å². The SMILES string of the molecule is CNC(c1ccc(CC(C)C)cc1)c1ccc(F)cc1Br. The Hall–Kier alpha value is -1.19. The van der Waals surface area contributed by atoms with E-state index < -0.39 is 0 Å². The van der Waals surface area contributed by atoms with Crippen LogP contribution in [0.3, 0.4) is 0 Å². The van der Waals surface area contributed by atoms with Gasteiger partial charge in [-0.1, -0.05) is 60.1 Å². The van der Waals surface area contributed by atoms with E-state index in [-0.39, 0.29) is 11.9 Å². The summed E-state index contributed by atoms with van der Waals surface area (Å²) in [6.07, 6.45) is 1.09. The molecule has 0 aliphatic rings. The van der Waals surface area contributed by atoms with Crippen molar-refractivity contribution in [2.75, 3.05) is 7.05 Å². The highest BCUT2D eigenvalue weighted by Gasteiger charge is 2.15. The van der Waals surface area contributed by atoms with E-state index in [1.165, 1.54) is 23.3 Å². The van der Waals surface area contributed by atoms with Gasteiger partial charge in [-0.2, -0.15) is 0 Å². The highest BCUT2D eigenvalue weighted by molar-refractivity contribution is 9.10. The molecular weight excluding hydrogens is 329 g/mol. The monoisotopic (exact) mass is 349 g/mol. The van der Waals surface area contributed by atoms with Gasteiger partial charge < -0.3 is 5.32 Å². The Labute approximate surface area is 134 Å². The molecule has 0 amide bonds. The van der Waals surface area contributed by atoms with Crippen LogP contribution in [0.4, 0.5) is 4.39 Å². The second-order valence-electron chi connectivity index (χ2n) is 5.73. The first kappa shape index (κ1) is 16.2. The van der Waals surface area contributed by atoms with E-state index in [4.69, 9.17) is 0 Å². The van der Waals surface area contributed by atoms with Gasteiger partial charge in [-0.05, 0) is 48.2 Å². The fraction of sp³-hybridized carbons (Fsp3) is 0.333. The molecule has 0 radical (unpaired) electrons. The lowest BCUT2D eigenvalue weighted by atomic mass is 9.96. The van der Waals surface area contributed by atoms with Gasteiger partial charge in [0.15, 0.2) is 0 Å². The molecule has 1 nitrogen and oxygen atoms in total. The predicted octanol–water partition coefficient (Wildman–Crippen LogP) is 5.10. The normalized spacial score (nSPS) is 12.7. The molecule has 0 heterocycles. The maximum atomic E-state index is 13.2. The zero-order valence-corrected chi connectivity index (χ0v) is 14.2. The van der Waals surface area contributed by atoms with Crippen LogP contribution in [0, 0.1) is 11.7 Å². The van der Waals surface area contributed by atoms with E-state index in [9.17, 15) is 4.39 Å². The quantitative estimate of drug-likeness (QED) is 0.792. The number of nitrogens with one attached hydrogen (secondary N) is 1. The Morgan fingerprint density at radius 3 is 2.29 bits per heavy atom. The van der Waals surface area contributed by atoms with E-state index in [0.29, 0.717) is 5.92 Å². The van der Waals surface area contributed by atoms with Crippen molar-refractivity contribution in [3.63, 3.8) is 0 Å². The molecule has 1 unspecified atom stereocenters. The molecule has 0 saturated heterocycles. The van der Waals surface area contributed by atoms with Crippen molar-refractivity contribution in [3.05, 3.63) is 69.4 Å². The predicted molar refractivity (Wildman–Crippen MR) is 90.0 cm³/mol. The summed E-state index contributed by atoms with van der Waals surface area (Å²) >= 11 is 3.45. The first-order valence-electron chi connectivity index (χ1n) is 7.22. The average molecular weight is 350 g/mol. The van der Waals surface area contributed by atoms with E-state index in [2.05, 4.69) is 59.4 Å². The third-order valence-electron chi connectivity index (χ3n) is 3.52. The van der Waals surface area contributed by atoms with E-state index in [0.717, 1.165) is 16.5 Å². The zero-order valence-electron chi connectivity index (χ0n) is 12.7. The van der Waals surface area contributed by atoms with Crippen LogP contribution in [-0.2, 0) is 6.42 Å². The van der Waals surface area contributed by atoms with Crippen molar-refractivity contribution in [1.82, 2.24) is 5.32 Å².